The van der Waals surface area contributed by atoms with Gasteiger partial charge in [0.1, 0.15) is 9.84 Å². The SMILES string of the molecule is CS(=O)(=O)CCNC(=O)c1c(Cl)ccc(Cl)c1Cl. The molecular formula is C10H10Cl3NO3S. The lowest BCUT2D eigenvalue weighted by Crippen LogP contribution is -2.29. The molecule has 0 radical (unpaired) electrons. The molecule has 0 aromatic heterocycles. The second-order valence-electron chi connectivity index (χ2n) is 3.60. The zero-order chi connectivity index (χ0) is 13.9. The average molecular weight is 331 g/mol. The van der Waals surface area contributed by atoms with Crippen LogP contribution >= 0.6 is 34.8 Å². The zero-order valence-electron chi connectivity index (χ0n) is 9.34. The minimum absolute atomic E-state index is 0.0170. The van der Waals surface area contributed by atoms with Crippen molar-refractivity contribution < 1.29 is 13.2 Å². The Balaban J connectivity index is 2.82. The van der Waals surface area contributed by atoms with Crippen molar-refractivity contribution in [2.45, 2.75) is 0 Å². The molecule has 0 aliphatic heterocycles. The van der Waals surface area contributed by atoms with E-state index in [0.29, 0.717) is 0 Å². The molecule has 0 aliphatic rings. The summed E-state index contributed by atoms with van der Waals surface area (Å²) >= 11 is 17.5. The van der Waals surface area contributed by atoms with E-state index in [9.17, 15) is 13.2 Å². The van der Waals surface area contributed by atoms with Gasteiger partial charge in [-0.2, -0.15) is 0 Å². The molecule has 1 aromatic rings. The van der Waals surface area contributed by atoms with Crippen LogP contribution in [-0.2, 0) is 9.84 Å². The van der Waals surface area contributed by atoms with Crippen LogP contribution in [-0.4, -0.2) is 32.9 Å². The van der Waals surface area contributed by atoms with Crippen molar-refractivity contribution in [2.24, 2.45) is 0 Å². The predicted octanol–water partition coefficient (Wildman–Crippen LogP) is 2.42. The Morgan fingerprint density at radius 2 is 1.78 bits per heavy atom. The van der Waals surface area contributed by atoms with Crippen LogP contribution in [0.3, 0.4) is 0 Å². The molecule has 18 heavy (non-hydrogen) atoms. The van der Waals surface area contributed by atoms with E-state index in [1.165, 1.54) is 12.1 Å². The molecule has 1 amide bonds. The van der Waals surface area contributed by atoms with Gasteiger partial charge in [-0.1, -0.05) is 34.8 Å². The number of hydrogen-bond donors (Lipinski definition) is 1. The number of rotatable bonds is 4. The Bertz CT molecular complexity index is 572. The summed E-state index contributed by atoms with van der Waals surface area (Å²) in [4.78, 5) is 11.8. The zero-order valence-corrected chi connectivity index (χ0v) is 12.4. The molecule has 0 heterocycles. The van der Waals surface area contributed by atoms with Crippen molar-refractivity contribution in [1.82, 2.24) is 5.32 Å². The topological polar surface area (TPSA) is 63.2 Å². The fraction of sp³-hybridized carbons (Fsp3) is 0.300. The predicted molar refractivity (Wildman–Crippen MR) is 73.5 cm³/mol. The molecule has 100 valence electrons. The van der Waals surface area contributed by atoms with Gasteiger partial charge >= 0.3 is 0 Å². The summed E-state index contributed by atoms with van der Waals surface area (Å²) < 4.78 is 21.8. The van der Waals surface area contributed by atoms with E-state index in [2.05, 4.69) is 5.32 Å². The van der Waals surface area contributed by atoms with Crippen LogP contribution in [0, 0.1) is 0 Å². The van der Waals surface area contributed by atoms with Crippen molar-refractivity contribution in [3.8, 4) is 0 Å². The second kappa shape index (κ2) is 6.10. The number of carbonyl (C=O) groups excluding carboxylic acids is 1. The maximum Gasteiger partial charge on any atom is 0.254 e. The summed E-state index contributed by atoms with van der Waals surface area (Å²) in [5, 5.41) is 2.82. The van der Waals surface area contributed by atoms with E-state index in [1.54, 1.807) is 0 Å². The third-order valence-corrected chi connectivity index (χ3v) is 4.09. The molecule has 0 unspecified atom stereocenters. The molecule has 1 rings (SSSR count). The van der Waals surface area contributed by atoms with Gasteiger partial charge in [-0.15, -0.1) is 0 Å². The van der Waals surface area contributed by atoms with E-state index in [0.717, 1.165) is 6.26 Å². The lowest BCUT2D eigenvalue weighted by Gasteiger charge is -2.09. The minimum atomic E-state index is -3.14. The first-order chi connectivity index (χ1) is 8.22. The third kappa shape index (κ3) is 4.31. The molecule has 0 fully saturated rings. The number of carbonyl (C=O) groups is 1. The maximum atomic E-state index is 11.8. The van der Waals surface area contributed by atoms with Gasteiger partial charge in [0.15, 0.2) is 0 Å². The molecule has 0 saturated carbocycles. The summed E-state index contributed by atoms with van der Waals surface area (Å²) in [6, 6.07) is 2.92. The average Bonchev–Trinajstić information content (AvgIpc) is 2.22. The van der Waals surface area contributed by atoms with Crippen molar-refractivity contribution in [3.05, 3.63) is 32.8 Å². The highest BCUT2D eigenvalue weighted by atomic mass is 35.5. The van der Waals surface area contributed by atoms with E-state index < -0.39 is 15.7 Å². The summed E-state index contributed by atoms with van der Waals surface area (Å²) in [7, 11) is -3.14. The summed E-state index contributed by atoms with van der Waals surface area (Å²) in [6.45, 7) is -0.0170. The van der Waals surface area contributed by atoms with E-state index in [4.69, 9.17) is 34.8 Å². The molecule has 4 nitrogen and oxygen atoms in total. The molecule has 0 saturated heterocycles. The van der Waals surface area contributed by atoms with Crippen LogP contribution in [0.1, 0.15) is 10.4 Å². The first-order valence-corrected chi connectivity index (χ1v) is 8.01. The molecule has 0 aliphatic carbocycles. The van der Waals surface area contributed by atoms with Gasteiger partial charge in [-0.05, 0) is 12.1 Å². The van der Waals surface area contributed by atoms with Gasteiger partial charge < -0.3 is 5.32 Å². The van der Waals surface area contributed by atoms with Crippen LogP contribution in [0.15, 0.2) is 12.1 Å². The summed E-state index contributed by atoms with van der Waals surface area (Å²) in [6.07, 6.45) is 1.08. The normalized spacial score (nSPS) is 11.3. The minimum Gasteiger partial charge on any atom is -0.351 e. The number of hydrogen-bond acceptors (Lipinski definition) is 3. The largest absolute Gasteiger partial charge is 0.351 e. The molecule has 1 aromatic carbocycles. The molecule has 1 N–H and O–H groups in total. The van der Waals surface area contributed by atoms with Crippen molar-refractivity contribution >= 4 is 50.5 Å². The van der Waals surface area contributed by atoms with E-state index in [-0.39, 0.29) is 32.9 Å². The molecular weight excluding hydrogens is 321 g/mol. The third-order valence-electron chi connectivity index (χ3n) is 2.03. The van der Waals surface area contributed by atoms with Crippen LogP contribution in [0.4, 0.5) is 0 Å². The lowest BCUT2D eigenvalue weighted by atomic mass is 10.2. The summed E-state index contributed by atoms with van der Waals surface area (Å²) in [5.41, 5.74) is 0.0411. The number of halogens is 3. The van der Waals surface area contributed by atoms with E-state index in [1.807, 2.05) is 0 Å². The first kappa shape index (κ1) is 15.6. The molecule has 8 heteroatoms. The molecule has 0 atom stereocenters. The fourth-order valence-electron chi connectivity index (χ4n) is 1.17. The first-order valence-electron chi connectivity index (χ1n) is 4.82. The van der Waals surface area contributed by atoms with Gasteiger partial charge in [0.2, 0.25) is 0 Å². The number of nitrogens with one attached hydrogen (secondary N) is 1. The standard InChI is InChI=1S/C10H10Cl3NO3S/c1-18(16,17)5-4-14-10(15)8-6(11)2-3-7(12)9(8)13/h2-3H,4-5H2,1H3,(H,14,15). The van der Waals surface area contributed by atoms with Gasteiger partial charge in [-0.3, -0.25) is 4.79 Å². The number of amides is 1. The van der Waals surface area contributed by atoms with Gasteiger partial charge in [0.05, 0.1) is 26.4 Å². The second-order valence-corrected chi connectivity index (χ2v) is 7.06. The van der Waals surface area contributed by atoms with Gasteiger partial charge in [0, 0.05) is 12.8 Å². The Labute approximate surface area is 120 Å². The van der Waals surface area contributed by atoms with Crippen molar-refractivity contribution in [1.29, 1.82) is 0 Å². The van der Waals surface area contributed by atoms with Crippen LogP contribution < -0.4 is 5.32 Å². The maximum absolute atomic E-state index is 11.8. The highest BCUT2D eigenvalue weighted by Crippen LogP contribution is 2.31. The highest BCUT2D eigenvalue weighted by Gasteiger charge is 2.17. The quantitative estimate of drug-likeness (QED) is 0.862. The smallest absolute Gasteiger partial charge is 0.254 e. The molecule has 0 bridgehead atoms. The monoisotopic (exact) mass is 329 g/mol. The Hall–Kier alpha value is -0.490. The molecule has 0 spiro atoms. The highest BCUT2D eigenvalue weighted by molar-refractivity contribution is 7.90. The Morgan fingerprint density at radius 3 is 2.33 bits per heavy atom. The Morgan fingerprint density at radius 1 is 1.22 bits per heavy atom. The Kier molecular flexibility index (Phi) is 5.28. The van der Waals surface area contributed by atoms with Crippen LogP contribution in [0.5, 0.6) is 0 Å². The van der Waals surface area contributed by atoms with Crippen molar-refractivity contribution in [2.75, 3.05) is 18.6 Å². The van der Waals surface area contributed by atoms with Gasteiger partial charge in [-0.25, -0.2) is 8.42 Å². The van der Waals surface area contributed by atoms with E-state index >= 15 is 0 Å². The van der Waals surface area contributed by atoms with Crippen molar-refractivity contribution in [3.63, 3.8) is 0 Å². The van der Waals surface area contributed by atoms with Gasteiger partial charge in [0.25, 0.3) is 5.91 Å². The number of benzene rings is 1. The van der Waals surface area contributed by atoms with Crippen LogP contribution in [0.2, 0.25) is 15.1 Å². The fourth-order valence-corrected chi connectivity index (χ4v) is 2.35. The lowest BCUT2D eigenvalue weighted by molar-refractivity contribution is 0.0956. The summed E-state index contributed by atoms with van der Waals surface area (Å²) in [5.74, 6) is -0.717. The van der Waals surface area contributed by atoms with Crippen LogP contribution in [0.25, 0.3) is 0 Å². The number of sulfone groups is 1.